The number of benzene rings is 1. The summed E-state index contributed by atoms with van der Waals surface area (Å²) in [4.78, 5) is 40.5. The van der Waals surface area contributed by atoms with Crippen LogP contribution in [0.15, 0.2) is 46.0 Å². The maximum absolute atomic E-state index is 13.2. The van der Waals surface area contributed by atoms with E-state index in [-0.39, 0.29) is 17.2 Å². The average Bonchev–Trinajstić information content (AvgIpc) is 3.14. The van der Waals surface area contributed by atoms with E-state index in [4.69, 9.17) is 0 Å². The predicted octanol–water partition coefficient (Wildman–Crippen LogP) is 2.74. The molecule has 0 saturated carbocycles. The maximum Gasteiger partial charge on any atom is 0.331 e. The van der Waals surface area contributed by atoms with Crippen LogP contribution in [-0.4, -0.2) is 26.5 Å². The molecule has 27 heavy (non-hydrogen) atoms. The molecule has 0 aliphatic heterocycles. The van der Waals surface area contributed by atoms with E-state index in [9.17, 15) is 14.4 Å². The normalized spacial score (nSPS) is 11.1. The molecule has 6 nitrogen and oxygen atoms in total. The summed E-state index contributed by atoms with van der Waals surface area (Å²) in [5, 5.41) is 0.406. The van der Waals surface area contributed by atoms with Gasteiger partial charge in [0, 0.05) is 27.2 Å². The van der Waals surface area contributed by atoms with E-state index < -0.39 is 0 Å². The number of aromatic nitrogens is 2. The number of carbonyl (C=O) groups is 1. The summed E-state index contributed by atoms with van der Waals surface area (Å²) < 4.78 is 2.49. The van der Waals surface area contributed by atoms with E-state index >= 15 is 0 Å². The molecule has 0 spiro atoms. The number of rotatable bonds is 6. The molecule has 0 atom stereocenters. The molecule has 2 heterocycles. The minimum absolute atomic E-state index is 0.108. The number of hydrogen-bond acceptors (Lipinski definition) is 4. The molecule has 0 N–H and O–H groups in total. The number of aryl methyl sites for hydroxylation is 1. The van der Waals surface area contributed by atoms with Crippen LogP contribution in [0.5, 0.6) is 0 Å². The number of carbonyl (C=O) groups excluding carboxylic acids is 1. The monoisotopic (exact) mass is 385 g/mol. The Labute approximate surface area is 161 Å². The van der Waals surface area contributed by atoms with Crippen LogP contribution in [0.1, 0.15) is 35.0 Å². The Morgan fingerprint density at radius 3 is 2.48 bits per heavy atom. The number of fused-ring (bicyclic) bond motifs is 1. The van der Waals surface area contributed by atoms with Crippen LogP contribution in [0.3, 0.4) is 0 Å². The van der Waals surface area contributed by atoms with Gasteiger partial charge in [-0.2, -0.15) is 0 Å². The Hall–Kier alpha value is -2.67. The number of unbranched alkanes of at least 4 members (excludes halogenated alkanes) is 1. The number of thiophene rings is 1. The van der Waals surface area contributed by atoms with Crippen molar-refractivity contribution in [2.45, 2.75) is 26.3 Å². The number of amides is 1. The van der Waals surface area contributed by atoms with Crippen LogP contribution in [0, 0.1) is 0 Å². The standard InChI is InChI=1S/C20H23N3O3S/c1-4-5-11-23(13-14-9-7-6-8-10-14)18(25)16-12-15-17(24)21(2)20(26)22(3)19(15)27-16/h6-10,12H,4-5,11,13H2,1-3H3. The highest BCUT2D eigenvalue weighted by Gasteiger charge is 2.21. The molecule has 0 radical (unpaired) electrons. The van der Waals surface area contributed by atoms with Gasteiger partial charge in [-0.25, -0.2) is 4.79 Å². The summed E-state index contributed by atoms with van der Waals surface area (Å²) in [6, 6.07) is 11.5. The summed E-state index contributed by atoms with van der Waals surface area (Å²) in [6.45, 7) is 3.25. The van der Waals surface area contributed by atoms with Crippen molar-refractivity contribution in [3.63, 3.8) is 0 Å². The molecule has 0 aliphatic rings. The zero-order valence-corrected chi connectivity index (χ0v) is 16.6. The summed E-state index contributed by atoms with van der Waals surface area (Å²) in [7, 11) is 3.07. The largest absolute Gasteiger partial charge is 0.334 e. The molecule has 2 aromatic heterocycles. The van der Waals surface area contributed by atoms with Gasteiger partial charge in [0.25, 0.3) is 11.5 Å². The van der Waals surface area contributed by atoms with Crippen molar-refractivity contribution in [2.75, 3.05) is 6.54 Å². The molecule has 7 heteroatoms. The van der Waals surface area contributed by atoms with E-state index in [1.54, 1.807) is 13.1 Å². The second kappa shape index (κ2) is 7.92. The van der Waals surface area contributed by atoms with Gasteiger partial charge in [-0.15, -0.1) is 11.3 Å². The Bertz CT molecular complexity index is 1080. The summed E-state index contributed by atoms with van der Waals surface area (Å²) in [5.74, 6) is -0.108. The van der Waals surface area contributed by atoms with E-state index in [2.05, 4.69) is 6.92 Å². The van der Waals surface area contributed by atoms with E-state index in [1.165, 1.54) is 23.0 Å². The van der Waals surface area contributed by atoms with Gasteiger partial charge in [-0.1, -0.05) is 43.7 Å². The van der Waals surface area contributed by atoms with E-state index in [0.29, 0.717) is 28.2 Å². The number of hydrogen-bond donors (Lipinski definition) is 0. The van der Waals surface area contributed by atoms with Crippen LogP contribution in [-0.2, 0) is 20.6 Å². The molecule has 0 saturated heterocycles. The zero-order chi connectivity index (χ0) is 19.6. The van der Waals surface area contributed by atoms with Gasteiger partial charge in [-0.05, 0) is 18.1 Å². The van der Waals surface area contributed by atoms with Gasteiger partial charge in [-0.3, -0.25) is 18.7 Å². The summed E-state index contributed by atoms with van der Waals surface area (Å²) >= 11 is 1.20. The second-order valence-electron chi connectivity index (χ2n) is 6.60. The molecule has 1 amide bonds. The molecule has 142 valence electrons. The highest BCUT2D eigenvalue weighted by molar-refractivity contribution is 7.20. The van der Waals surface area contributed by atoms with Crippen molar-refractivity contribution < 1.29 is 4.79 Å². The Morgan fingerprint density at radius 1 is 1.11 bits per heavy atom. The van der Waals surface area contributed by atoms with Gasteiger partial charge >= 0.3 is 5.69 Å². The van der Waals surface area contributed by atoms with Crippen molar-refractivity contribution in [3.05, 3.63) is 67.7 Å². The van der Waals surface area contributed by atoms with Gasteiger partial charge in [0.15, 0.2) is 0 Å². The average molecular weight is 385 g/mol. The van der Waals surface area contributed by atoms with Crippen molar-refractivity contribution >= 4 is 27.5 Å². The Kier molecular flexibility index (Phi) is 5.60. The highest BCUT2D eigenvalue weighted by Crippen LogP contribution is 2.24. The summed E-state index contributed by atoms with van der Waals surface area (Å²) in [6.07, 6.45) is 1.89. The number of nitrogens with zero attached hydrogens (tertiary/aromatic N) is 3. The second-order valence-corrected chi connectivity index (χ2v) is 7.63. The first-order valence-electron chi connectivity index (χ1n) is 8.96. The van der Waals surface area contributed by atoms with Crippen LogP contribution in [0.2, 0.25) is 0 Å². The smallest absolute Gasteiger partial charge is 0.331 e. The minimum Gasteiger partial charge on any atom is -0.334 e. The minimum atomic E-state index is -0.388. The first-order chi connectivity index (χ1) is 12.9. The molecule has 3 aromatic rings. The molecule has 0 fully saturated rings. The topological polar surface area (TPSA) is 64.3 Å². The third-order valence-corrected chi connectivity index (χ3v) is 5.82. The third kappa shape index (κ3) is 3.73. The lowest BCUT2D eigenvalue weighted by Gasteiger charge is -2.22. The molecule has 3 rings (SSSR count). The van der Waals surface area contributed by atoms with Crippen molar-refractivity contribution in [1.29, 1.82) is 0 Å². The van der Waals surface area contributed by atoms with Crippen molar-refractivity contribution in [3.8, 4) is 0 Å². The SMILES string of the molecule is CCCCN(Cc1ccccc1)C(=O)c1cc2c(=O)n(C)c(=O)n(C)c2s1. The van der Waals surface area contributed by atoms with E-state index in [1.807, 2.05) is 35.2 Å². The Balaban J connectivity index is 2.00. The van der Waals surface area contributed by atoms with Gasteiger partial charge < -0.3 is 4.90 Å². The van der Waals surface area contributed by atoms with E-state index in [0.717, 1.165) is 23.0 Å². The fourth-order valence-electron chi connectivity index (χ4n) is 3.03. The first-order valence-corrected chi connectivity index (χ1v) is 9.78. The maximum atomic E-state index is 13.2. The third-order valence-electron chi connectivity index (χ3n) is 4.62. The molecule has 0 bridgehead atoms. The Morgan fingerprint density at radius 2 is 1.81 bits per heavy atom. The van der Waals surface area contributed by atoms with Gasteiger partial charge in [0.2, 0.25) is 0 Å². The fourth-order valence-corrected chi connectivity index (χ4v) is 4.10. The lowest BCUT2D eigenvalue weighted by molar-refractivity contribution is 0.0746. The van der Waals surface area contributed by atoms with Crippen LogP contribution >= 0.6 is 11.3 Å². The van der Waals surface area contributed by atoms with Crippen molar-refractivity contribution in [1.82, 2.24) is 14.0 Å². The first kappa shape index (κ1) is 19.1. The predicted molar refractivity (Wildman–Crippen MR) is 108 cm³/mol. The van der Waals surface area contributed by atoms with Gasteiger partial charge in [0.1, 0.15) is 4.83 Å². The molecule has 0 aliphatic carbocycles. The fraction of sp³-hybridized carbons (Fsp3) is 0.350. The van der Waals surface area contributed by atoms with Crippen LogP contribution in [0.4, 0.5) is 0 Å². The highest BCUT2D eigenvalue weighted by atomic mass is 32.1. The van der Waals surface area contributed by atoms with Crippen LogP contribution < -0.4 is 11.2 Å². The molecular weight excluding hydrogens is 362 g/mol. The van der Waals surface area contributed by atoms with Gasteiger partial charge in [0.05, 0.1) is 10.3 Å². The van der Waals surface area contributed by atoms with Crippen LogP contribution in [0.25, 0.3) is 10.2 Å². The summed E-state index contributed by atoms with van der Waals surface area (Å²) in [5.41, 5.74) is 0.304. The zero-order valence-electron chi connectivity index (χ0n) is 15.8. The van der Waals surface area contributed by atoms with Crippen molar-refractivity contribution in [2.24, 2.45) is 14.1 Å². The molecule has 1 aromatic carbocycles. The lowest BCUT2D eigenvalue weighted by atomic mass is 10.2. The lowest BCUT2D eigenvalue weighted by Crippen LogP contribution is -2.36. The molecular formula is C20H23N3O3S. The quantitative estimate of drug-likeness (QED) is 0.655. The molecule has 0 unspecified atom stereocenters.